The van der Waals surface area contributed by atoms with Crippen LogP contribution in [0.25, 0.3) is 11.1 Å². The highest BCUT2D eigenvalue weighted by atomic mass is 35.5. The van der Waals surface area contributed by atoms with Crippen LogP contribution in [0.1, 0.15) is 40.6 Å². The fraction of sp³-hybridized carbons (Fsp3) is 0.333. The fourth-order valence-corrected chi connectivity index (χ4v) is 3.85. The van der Waals surface area contributed by atoms with Gasteiger partial charge < -0.3 is 9.80 Å². The Morgan fingerprint density at radius 2 is 2.00 bits per heavy atom. The lowest BCUT2D eigenvalue weighted by molar-refractivity contribution is 0.0732. The number of anilines is 1. The number of hydrogen-bond donors (Lipinski definition) is 1. The summed E-state index contributed by atoms with van der Waals surface area (Å²) < 4.78 is 0. The van der Waals surface area contributed by atoms with Gasteiger partial charge in [-0.15, -0.1) is 0 Å². The topological polar surface area (TPSA) is 78.0 Å². The zero-order valence-corrected chi connectivity index (χ0v) is 17.4. The number of carbonyl (C=O) groups excluding carboxylic acids is 1. The monoisotopic (exact) mass is 410 g/mol. The van der Waals surface area contributed by atoms with E-state index in [1.807, 2.05) is 61.3 Å². The van der Waals surface area contributed by atoms with Gasteiger partial charge in [0.05, 0.1) is 23.5 Å². The highest BCUT2D eigenvalue weighted by Gasteiger charge is 2.34. The molecule has 7 nitrogen and oxygen atoms in total. The maximum absolute atomic E-state index is 13.2. The standard InChI is InChI=1S/C21H23ClN6O/c1-13-16(12-24-26-13)20(29)28-10-4-5-18(28)19-17(11-23-21(25-19)27(2)3)14-6-8-15(22)9-7-14/h6-9,11-12,18H,4-5,10H2,1-3H3,(H,24,26). The molecule has 0 aliphatic carbocycles. The van der Waals surface area contributed by atoms with Gasteiger partial charge in [-0.3, -0.25) is 9.89 Å². The van der Waals surface area contributed by atoms with Crippen LogP contribution in [0.2, 0.25) is 5.02 Å². The molecule has 8 heteroatoms. The van der Waals surface area contributed by atoms with Crippen molar-refractivity contribution in [2.45, 2.75) is 25.8 Å². The smallest absolute Gasteiger partial charge is 0.257 e. The normalized spacial score (nSPS) is 16.3. The Labute approximate surface area is 174 Å². The molecule has 0 bridgehead atoms. The van der Waals surface area contributed by atoms with Crippen molar-refractivity contribution in [3.8, 4) is 11.1 Å². The van der Waals surface area contributed by atoms with Crippen molar-refractivity contribution in [2.75, 3.05) is 25.5 Å². The molecule has 3 heterocycles. The van der Waals surface area contributed by atoms with Crippen molar-refractivity contribution in [3.63, 3.8) is 0 Å². The van der Waals surface area contributed by atoms with Crippen LogP contribution in [0.3, 0.4) is 0 Å². The molecular formula is C21H23ClN6O. The Balaban J connectivity index is 1.79. The summed E-state index contributed by atoms with van der Waals surface area (Å²) in [5.41, 5.74) is 4.13. The summed E-state index contributed by atoms with van der Waals surface area (Å²) in [5.74, 6) is 0.599. The van der Waals surface area contributed by atoms with Gasteiger partial charge in [0.1, 0.15) is 0 Å². The highest BCUT2D eigenvalue weighted by molar-refractivity contribution is 6.30. The van der Waals surface area contributed by atoms with E-state index in [9.17, 15) is 4.79 Å². The summed E-state index contributed by atoms with van der Waals surface area (Å²) in [5, 5.41) is 7.53. The molecule has 150 valence electrons. The van der Waals surface area contributed by atoms with Gasteiger partial charge in [0.25, 0.3) is 5.91 Å². The minimum atomic E-state index is -0.121. The van der Waals surface area contributed by atoms with Gasteiger partial charge in [-0.05, 0) is 37.5 Å². The van der Waals surface area contributed by atoms with E-state index in [-0.39, 0.29) is 11.9 Å². The molecule has 0 saturated carbocycles. The first-order valence-electron chi connectivity index (χ1n) is 9.57. The molecule has 1 N–H and O–H groups in total. The average molecular weight is 411 g/mol. The van der Waals surface area contributed by atoms with Crippen LogP contribution >= 0.6 is 11.6 Å². The predicted molar refractivity (Wildman–Crippen MR) is 113 cm³/mol. The van der Waals surface area contributed by atoms with Gasteiger partial charge in [0.2, 0.25) is 5.95 Å². The first kappa shape index (κ1) is 19.4. The summed E-state index contributed by atoms with van der Waals surface area (Å²) in [6.45, 7) is 2.55. The van der Waals surface area contributed by atoms with E-state index in [1.54, 1.807) is 6.20 Å². The van der Waals surface area contributed by atoms with E-state index in [2.05, 4.69) is 15.2 Å². The molecule has 29 heavy (non-hydrogen) atoms. The Hall–Kier alpha value is -2.93. The van der Waals surface area contributed by atoms with Crippen molar-refractivity contribution in [1.29, 1.82) is 0 Å². The molecular weight excluding hydrogens is 388 g/mol. The Morgan fingerprint density at radius 1 is 1.24 bits per heavy atom. The van der Waals surface area contributed by atoms with Gasteiger partial charge >= 0.3 is 0 Å². The number of nitrogens with one attached hydrogen (secondary N) is 1. The van der Waals surface area contributed by atoms with Crippen LogP contribution in [0.5, 0.6) is 0 Å². The Kier molecular flexibility index (Phi) is 5.24. The molecule has 1 atom stereocenters. The molecule has 2 aromatic heterocycles. The van der Waals surface area contributed by atoms with E-state index in [4.69, 9.17) is 16.6 Å². The maximum Gasteiger partial charge on any atom is 0.257 e. The molecule has 4 rings (SSSR count). The third-order valence-electron chi connectivity index (χ3n) is 5.25. The van der Waals surface area contributed by atoms with Crippen LogP contribution in [-0.4, -0.2) is 51.6 Å². The number of carbonyl (C=O) groups is 1. The van der Waals surface area contributed by atoms with Crippen molar-refractivity contribution in [1.82, 2.24) is 25.1 Å². The molecule has 1 fully saturated rings. The fourth-order valence-electron chi connectivity index (χ4n) is 3.72. The first-order chi connectivity index (χ1) is 14.0. The zero-order valence-electron chi connectivity index (χ0n) is 16.7. The number of rotatable bonds is 4. The van der Waals surface area contributed by atoms with Gasteiger partial charge in [-0.2, -0.15) is 5.10 Å². The maximum atomic E-state index is 13.2. The van der Waals surface area contributed by atoms with Crippen molar-refractivity contribution in [3.05, 3.63) is 58.6 Å². The van der Waals surface area contributed by atoms with Crippen LogP contribution < -0.4 is 4.90 Å². The number of aryl methyl sites for hydroxylation is 1. The molecule has 1 aliphatic rings. The summed E-state index contributed by atoms with van der Waals surface area (Å²) >= 11 is 6.07. The molecule has 1 aromatic carbocycles. The second-order valence-electron chi connectivity index (χ2n) is 7.44. The second-order valence-corrected chi connectivity index (χ2v) is 7.87. The van der Waals surface area contributed by atoms with Gasteiger partial charge in [-0.1, -0.05) is 23.7 Å². The summed E-state index contributed by atoms with van der Waals surface area (Å²) in [7, 11) is 3.82. The minimum absolute atomic E-state index is 0.0224. The Morgan fingerprint density at radius 3 is 2.66 bits per heavy atom. The van der Waals surface area contributed by atoms with Crippen LogP contribution in [0.15, 0.2) is 36.7 Å². The van der Waals surface area contributed by atoms with E-state index in [0.29, 0.717) is 23.1 Å². The summed E-state index contributed by atoms with van der Waals surface area (Å²) in [6, 6.07) is 7.51. The van der Waals surface area contributed by atoms with Gasteiger partial charge in [-0.25, -0.2) is 9.97 Å². The van der Waals surface area contributed by atoms with Crippen molar-refractivity contribution < 1.29 is 4.79 Å². The number of H-pyrrole nitrogens is 1. The van der Waals surface area contributed by atoms with Crippen molar-refractivity contribution in [2.24, 2.45) is 0 Å². The first-order valence-corrected chi connectivity index (χ1v) is 9.94. The lowest BCUT2D eigenvalue weighted by atomic mass is 9.99. The average Bonchev–Trinajstić information content (AvgIpc) is 3.36. The number of hydrogen-bond acceptors (Lipinski definition) is 5. The minimum Gasteiger partial charge on any atom is -0.347 e. The predicted octanol–water partition coefficient (Wildman–Crippen LogP) is 3.87. The number of halogens is 1. The SMILES string of the molecule is Cc1[nH]ncc1C(=O)N1CCCC1c1nc(N(C)C)ncc1-c1ccc(Cl)cc1. The van der Waals surface area contributed by atoms with Crippen molar-refractivity contribution >= 4 is 23.5 Å². The molecule has 3 aromatic rings. The second kappa shape index (κ2) is 7.83. The Bertz CT molecular complexity index is 1030. The van der Waals surface area contributed by atoms with Gasteiger partial charge in [0.15, 0.2) is 0 Å². The molecule has 1 aliphatic heterocycles. The van der Waals surface area contributed by atoms with Gasteiger partial charge in [0, 0.05) is 43.1 Å². The highest BCUT2D eigenvalue weighted by Crippen LogP contribution is 2.38. The third-order valence-corrected chi connectivity index (χ3v) is 5.50. The molecule has 1 amide bonds. The van der Waals surface area contributed by atoms with E-state index in [1.165, 1.54) is 0 Å². The van der Waals surface area contributed by atoms with Crippen LogP contribution in [-0.2, 0) is 0 Å². The third kappa shape index (κ3) is 3.70. The quantitative estimate of drug-likeness (QED) is 0.706. The van der Waals surface area contributed by atoms with Crippen LogP contribution in [0.4, 0.5) is 5.95 Å². The largest absolute Gasteiger partial charge is 0.347 e. The number of likely N-dealkylation sites (tertiary alicyclic amines) is 1. The van der Waals surface area contributed by atoms with E-state index in [0.717, 1.165) is 35.4 Å². The lowest BCUT2D eigenvalue weighted by Crippen LogP contribution is -2.32. The number of amides is 1. The molecule has 0 radical (unpaired) electrons. The number of benzene rings is 1. The lowest BCUT2D eigenvalue weighted by Gasteiger charge is -2.26. The number of aromatic nitrogens is 4. The van der Waals surface area contributed by atoms with E-state index < -0.39 is 0 Å². The number of nitrogens with zero attached hydrogens (tertiary/aromatic N) is 5. The molecule has 0 spiro atoms. The zero-order chi connectivity index (χ0) is 20.5. The summed E-state index contributed by atoms with van der Waals surface area (Å²) in [6.07, 6.45) is 5.21. The molecule has 1 saturated heterocycles. The number of aromatic amines is 1. The molecule has 1 unspecified atom stereocenters. The summed E-state index contributed by atoms with van der Waals surface area (Å²) in [4.78, 5) is 26.4. The van der Waals surface area contributed by atoms with Crippen LogP contribution in [0, 0.1) is 6.92 Å². The van der Waals surface area contributed by atoms with E-state index >= 15 is 0 Å².